The number of carbonyl (C=O) groups is 1. The number of amides is 2. The van der Waals surface area contributed by atoms with Crippen LogP contribution in [0.3, 0.4) is 0 Å². The molecule has 0 radical (unpaired) electrons. The van der Waals surface area contributed by atoms with Crippen molar-refractivity contribution in [1.82, 2.24) is 15.1 Å². The summed E-state index contributed by atoms with van der Waals surface area (Å²) in [6.45, 7) is 0. The molecule has 0 fully saturated rings. The maximum atomic E-state index is 12.4. The molecule has 2 aromatic carbocycles. The lowest BCUT2D eigenvalue weighted by atomic mass is 10.1. The first-order valence-electron chi connectivity index (χ1n) is 8.14. The van der Waals surface area contributed by atoms with Crippen molar-refractivity contribution >= 4 is 11.7 Å². The van der Waals surface area contributed by atoms with Crippen molar-refractivity contribution in [2.45, 2.75) is 18.6 Å². The number of aromatic nitrogens is 2. The lowest BCUT2D eigenvalue weighted by Gasteiger charge is -2.18. The van der Waals surface area contributed by atoms with Crippen LogP contribution in [0.4, 0.5) is 10.5 Å². The number of urea groups is 1. The van der Waals surface area contributed by atoms with Crippen molar-refractivity contribution in [3.05, 3.63) is 78.1 Å². The highest BCUT2D eigenvalue weighted by Crippen LogP contribution is 2.31. The average molecular weight is 334 g/mol. The summed E-state index contributed by atoms with van der Waals surface area (Å²) in [6.07, 6.45) is 3.48. The van der Waals surface area contributed by atoms with E-state index in [0.29, 0.717) is 12.1 Å². The molecule has 1 heterocycles. The highest BCUT2D eigenvalue weighted by molar-refractivity contribution is 5.90. The van der Waals surface area contributed by atoms with Crippen molar-refractivity contribution in [3.8, 4) is 5.69 Å². The zero-order valence-corrected chi connectivity index (χ0v) is 13.5. The molecule has 1 aliphatic carbocycles. The molecule has 2 amide bonds. The summed E-state index contributed by atoms with van der Waals surface area (Å²) in [4.78, 5) is 12.4. The zero-order valence-electron chi connectivity index (χ0n) is 13.5. The van der Waals surface area contributed by atoms with Gasteiger partial charge in [0.15, 0.2) is 0 Å². The van der Waals surface area contributed by atoms with Crippen molar-refractivity contribution in [1.29, 1.82) is 0 Å². The number of fused-ring (bicyclic) bond motifs is 1. The third-order valence-electron chi connectivity index (χ3n) is 4.36. The molecule has 1 aromatic heterocycles. The SMILES string of the molecule is O=C(Nc1cccc(-n2cccn2)c1)N[C@@H]1c2ccccc2C[C@@H]1O. The standard InChI is InChI=1S/C19H18N4O2/c24-17-11-13-5-1-2-8-16(13)18(17)22-19(25)21-14-6-3-7-15(12-14)23-10-4-9-20-23/h1-10,12,17-18,24H,11H2,(H2,21,22,25)/t17-,18+/m0/s1. The van der Waals surface area contributed by atoms with Gasteiger partial charge in [-0.25, -0.2) is 9.48 Å². The van der Waals surface area contributed by atoms with Gasteiger partial charge in [0, 0.05) is 24.5 Å². The Labute approximate surface area is 145 Å². The van der Waals surface area contributed by atoms with E-state index in [4.69, 9.17) is 0 Å². The Bertz CT molecular complexity index is 892. The Kier molecular flexibility index (Phi) is 3.95. The summed E-state index contributed by atoms with van der Waals surface area (Å²) in [5.41, 5.74) is 3.55. The zero-order chi connectivity index (χ0) is 17.2. The molecule has 1 aliphatic rings. The fourth-order valence-electron chi connectivity index (χ4n) is 3.20. The normalized spacial score (nSPS) is 18.6. The van der Waals surface area contributed by atoms with Crippen LogP contribution in [-0.2, 0) is 6.42 Å². The van der Waals surface area contributed by atoms with E-state index in [1.165, 1.54) is 0 Å². The lowest BCUT2D eigenvalue weighted by Crippen LogP contribution is -2.36. The number of aliphatic hydroxyl groups excluding tert-OH is 1. The van der Waals surface area contributed by atoms with Crippen LogP contribution in [0.1, 0.15) is 17.2 Å². The average Bonchev–Trinajstić information content (AvgIpc) is 3.24. The molecule has 3 aromatic rings. The number of rotatable bonds is 3. The van der Waals surface area contributed by atoms with Gasteiger partial charge in [-0.2, -0.15) is 5.10 Å². The summed E-state index contributed by atoms with van der Waals surface area (Å²) in [5, 5.41) is 20.1. The lowest BCUT2D eigenvalue weighted by molar-refractivity contribution is 0.144. The van der Waals surface area contributed by atoms with E-state index < -0.39 is 12.1 Å². The van der Waals surface area contributed by atoms with Crippen LogP contribution < -0.4 is 10.6 Å². The molecule has 6 heteroatoms. The van der Waals surface area contributed by atoms with Gasteiger partial charge in [-0.1, -0.05) is 30.3 Å². The van der Waals surface area contributed by atoms with Crippen molar-refractivity contribution < 1.29 is 9.90 Å². The summed E-state index contributed by atoms with van der Waals surface area (Å²) >= 11 is 0. The Hall–Kier alpha value is -3.12. The van der Waals surface area contributed by atoms with E-state index in [1.54, 1.807) is 10.9 Å². The van der Waals surface area contributed by atoms with Gasteiger partial charge >= 0.3 is 6.03 Å². The second kappa shape index (κ2) is 6.41. The van der Waals surface area contributed by atoms with Crippen molar-refractivity contribution in [2.75, 3.05) is 5.32 Å². The molecule has 0 unspecified atom stereocenters. The number of anilines is 1. The van der Waals surface area contributed by atoms with Gasteiger partial charge in [0.1, 0.15) is 0 Å². The molecular formula is C19H18N4O2. The predicted octanol–water partition coefficient (Wildman–Crippen LogP) is 2.65. The second-order valence-electron chi connectivity index (χ2n) is 6.05. The molecule has 0 aliphatic heterocycles. The Morgan fingerprint density at radius 2 is 2.04 bits per heavy atom. The van der Waals surface area contributed by atoms with Crippen molar-refractivity contribution in [2.24, 2.45) is 0 Å². The molecule has 0 spiro atoms. The van der Waals surface area contributed by atoms with Gasteiger partial charge in [-0.3, -0.25) is 0 Å². The number of benzene rings is 2. The maximum Gasteiger partial charge on any atom is 0.319 e. The molecule has 6 nitrogen and oxygen atoms in total. The number of nitrogens with one attached hydrogen (secondary N) is 2. The molecule has 2 atom stereocenters. The van der Waals surface area contributed by atoms with Gasteiger partial charge in [0.25, 0.3) is 0 Å². The highest BCUT2D eigenvalue weighted by Gasteiger charge is 2.31. The van der Waals surface area contributed by atoms with Crippen LogP contribution >= 0.6 is 0 Å². The number of carbonyl (C=O) groups excluding carboxylic acids is 1. The van der Waals surface area contributed by atoms with E-state index in [1.807, 2.05) is 60.8 Å². The molecule has 0 bridgehead atoms. The third-order valence-corrected chi connectivity index (χ3v) is 4.36. The molecule has 126 valence electrons. The van der Waals surface area contributed by atoms with Crippen LogP contribution in [0.5, 0.6) is 0 Å². The van der Waals surface area contributed by atoms with Gasteiger partial charge in [-0.05, 0) is 35.4 Å². The van der Waals surface area contributed by atoms with Crippen LogP contribution in [0, 0.1) is 0 Å². The van der Waals surface area contributed by atoms with Crippen LogP contribution in [-0.4, -0.2) is 27.0 Å². The highest BCUT2D eigenvalue weighted by atomic mass is 16.3. The first kappa shape index (κ1) is 15.4. The minimum atomic E-state index is -0.612. The first-order valence-corrected chi connectivity index (χ1v) is 8.14. The third kappa shape index (κ3) is 3.12. The largest absolute Gasteiger partial charge is 0.390 e. The quantitative estimate of drug-likeness (QED) is 0.689. The van der Waals surface area contributed by atoms with Gasteiger partial charge in [0.2, 0.25) is 0 Å². The predicted molar refractivity (Wildman–Crippen MR) is 94.6 cm³/mol. The minimum Gasteiger partial charge on any atom is -0.390 e. The van der Waals surface area contributed by atoms with E-state index in [2.05, 4.69) is 15.7 Å². The summed E-state index contributed by atoms with van der Waals surface area (Å²) in [5.74, 6) is 0. The monoisotopic (exact) mass is 334 g/mol. The smallest absolute Gasteiger partial charge is 0.319 e. The van der Waals surface area contributed by atoms with Gasteiger partial charge < -0.3 is 15.7 Å². The maximum absolute atomic E-state index is 12.4. The van der Waals surface area contributed by atoms with Crippen molar-refractivity contribution in [3.63, 3.8) is 0 Å². The van der Waals surface area contributed by atoms with E-state index >= 15 is 0 Å². The minimum absolute atomic E-state index is 0.349. The van der Waals surface area contributed by atoms with E-state index in [0.717, 1.165) is 16.8 Å². The molecule has 0 saturated heterocycles. The fourth-order valence-corrected chi connectivity index (χ4v) is 3.20. The number of nitrogens with zero attached hydrogens (tertiary/aromatic N) is 2. The number of hydrogen-bond donors (Lipinski definition) is 3. The molecule has 4 rings (SSSR count). The van der Waals surface area contributed by atoms with Crippen LogP contribution in [0.2, 0.25) is 0 Å². The van der Waals surface area contributed by atoms with E-state index in [9.17, 15) is 9.90 Å². The summed E-state index contributed by atoms with van der Waals surface area (Å²) in [7, 11) is 0. The van der Waals surface area contributed by atoms with Crippen LogP contribution in [0.25, 0.3) is 5.69 Å². The fraction of sp³-hybridized carbons (Fsp3) is 0.158. The number of aliphatic hydroxyl groups is 1. The van der Waals surface area contributed by atoms with E-state index in [-0.39, 0.29) is 6.03 Å². The Morgan fingerprint density at radius 3 is 2.88 bits per heavy atom. The molecule has 3 N–H and O–H groups in total. The molecule has 0 saturated carbocycles. The number of hydrogen-bond acceptors (Lipinski definition) is 3. The van der Waals surface area contributed by atoms with Crippen LogP contribution in [0.15, 0.2) is 67.0 Å². The Balaban J connectivity index is 1.47. The van der Waals surface area contributed by atoms with Gasteiger partial charge in [-0.15, -0.1) is 0 Å². The molecular weight excluding hydrogens is 316 g/mol. The topological polar surface area (TPSA) is 79.2 Å². The molecule has 25 heavy (non-hydrogen) atoms. The summed E-state index contributed by atoms with van der Waals surface area (Å²) in [6, 6.07) is 16.3. The second-order valence-corrected chi connectivity index (χ2v) is 6.05. The van der Waals surface area contributed by atoms with Gasteiger partial charge in [0.05, 0.1) is 17.8 Å². The first-order chi connectivity index (χ1) is 12.2. The summed E-state index contributed by atoms with van der Waals surface area (Å²) < 4.78 is 1.72. The Morgan fingerprint density at radius 1 is 1.16 bits per heavy atom.